The van der Waals surface area contributed by atoms with Gasteiger partial charge in [-0.1, -0.05) is 18.2 Å². The highest BCUT2D eigenvalue weighted by Crippen LogP contribution is 2.20. The second kappa shape index (κ2) is 5.36. The molecule has 0 bridgehead atoms. The molecule has 2 aromatic rings. The molecular formula is C13H15BrN2O. The van der Waals surface area contributed by atoms with Crippen LogP contribution in [0.15, 0.2) is 41.1 Å². The number of imidazole rings is 1. The van der Waals surface area contributed by atoms with Gasteiger partial charge in [0.1, 0.15) is 22.8 Å². The molecule has 0 aliphatic rings. The van der Waals surface area contributed by atoms with Gasteiger partial charge in [0.05, 0.1) is 6.20 Å². The molecule has 0 radical (unpaired) electrons. The van der Waals surface area contributed by atoms with Gasteiger partial charge in [-0.05, 0) is 41.9 Å². The monoisotopic (exact) mass is 294 g/mol. The Kier molecular flexibility index (Phi) is 3.84. The summed E-state index contributed by atoms with van der Waals surface area (Å²) in [5, 5.41) is 0. The first kappa shape index (κ1) is 12.2. The summed E-state index contributed by atoms with van der Waals surface area (Å²) in [7, 11) is 0. The second-order valence-electron chi connectivity index (χ2n) is 4.06. The molecule has 1 heterocycles. The number of rotatable bonds is 4. The molecule has 1 aromatic heterocycles. The number of benzene rings is 1. The van der Waals surface area contributed by atoms with Crippen molar-refractivity contribution in [3.8, 4) is 5.75 Å². The van der Waals surface area contributed by atoms with Crippen molar-refractivity contribution in [2.75, 3.05) is 0 Å². The summed E-state index contributed by atoms with van der Waals surface area (Å²) < 4.78 is 8.79. The molecule has 4 heteroatoms. The summed E-state index contributed by atoms with van der Waals surface area (Å²) in [5.74, 6) is 1.79. The van der Waals surface area contributed by atoms with E-state index in [1.165, 1.54) is 0 Å². The van der Waals surface area contributed by atoms with Crippen LogP contribution in [0.4, 0.5) is 0 Å². The van der Waals surface area contributed by atoms with Gasteiger partial charge in [-0.2, -0.15) is 0 Å². The summed E-state index contributed by atoms with van der Waals surface area (Å²) >= 11 is 3.49. The Morgan fingerprint density at radius 1 is 1.29 bits per heavy atom. The molecule has 3 nitrogen and oxygen atoms in total. The van der Waals surface area contributed by atoms with Gasteiger partial charge in [-0.25, -0.2) is 4.98 Å². The zero-order valence-electron chi connectivity index (χ0n) is 9.93. The summed E-state index contributed by atoms with van der Waals surface area (Å²) in [6.45, 7) is 4.73. The lowest BCUT2D eigenvalue weighted by Crippen LogP contribution is -2.09. The lowest BCUT2D eigenvalue weighted by molar-refractivity contribution is 0.286. The highest BCUT2D eigenvalue weighted by Gasteiger charge is 2.11. The Morgan fingerprint density at radius 3 is 2.65 bits per heavy atom. The van der Waals surface area contributed by atoms with Gasteiger partial charge in [-0.15, -0.1) is 0 Å². The number of ether oxygens (including phenoxy) is 1. The largest absolute Gasteiger partial charge is 0.486 e. The fourth-order valence-electron chi connectivity index (χ4n) is 1.69. The van der Waals surface area contributed by atoms with E-state index in [0.29, 0.717) is 12.6 Å². The Morgan fingerprint density at radius 2 is 2.00 bits per heavy atom. The van der Waals surface area contributed by atoms with Gasteiger partial charge < -0.3 is 9.30 Å². The highest BCUT2D eigenvalue weighted by atomic mass is 79.9. The highest BCUT2D eigenvalue weighted by molar-refractivity contribution is 9.10. The number of nitrogens with zero attached hydrogens (tertiary/aromatic N) is 2. The van der Waals surface area contributed by atoms with Gasteiger partial charge in [0.15, 0.2) is 0 Å². The van der Waals surface area contributed by atoms with Crippen molar-refractivity contribution in [3.05, 3.63) is 47.0 Å². The van der Waals surface area contributed by atoms with E-state index >= 15 is 0 Å². The van der Waals surface area contributed by atoms with Crippen molar-refractivity contribution in [2.45, 2.75) is 26.5 Å². The Hall–Kier alpha value is -1.29. The predicted molar refractivity (Wildman–Crippen MR) is 71.1 cm³/mol. The standard InChI is InChI=1S/C13H15BrN2O/c1-10(2)16-12(14)8-15-13(16)9-17-11-6-4-3-5-7-11/h3-8,10H,9H2,1-2H3. The third-order valence-electron chi connectivity index (χ3n) is 2.46. The quantitative estimate of drug-likeness (QED) is 0.857. The zero-order valence-corrected chi connectivity index (χ0v) is 11.5. The molecule has 0 spiro atoms. The van der Waals surface area contributed by atoms with Crippen LogP contribution in [-0.4, -0.2) is 9.55 Å². The van der Waals surface area contributed by atoms with Gasteiger partial charge in [-0.3, -0.25) is 0 Å². The second-order valence-corrected chi connectivity index (χ2v) is 4.88. The molecule has 0 amide bonds. The Labute approximate surface area is 110 Å². The third-order valence-corrected chi connectivity index (χ3v) is 3.04. The molecule has 0 fully saturated rings. The predicted octanol–water partition coefficient (Wildman–Crippen LogP) is 3.81. The van der Waals surface area contributed by atoms with E-state index in [9.17, 15) is 0 Å². The molecule has 0 unspecified atom stereocenters. The SMILES string of the molecule is CC(C)n1c(Br)cnc1COc1ccccc1. The van der Waals surface area contributed by atoms with Crippen molar-refractivity contribution in [3.63, 3.8) is 0 Å². The average Bonchev–Trinajstić information content (AvgIpc) is 2.69. The van der Waals surface area contributed by atoms with Crippen molar-refractivity contribution in [1.29, 1.82) is 0 Å². The number of para-hydroxylation sites is 1. The molecular weight excluding hydrogens is 280 g/mol. The minimum atomic E-state index is 0.362. The topological polar surface area (TPSA) is 27.1 Å². The fraction of sp³-hybridized carbons (Fsp3) is 0.308. The van der Waals surface area contributed by atoms with Crippen LogP contribution >= 0.6 is 15.9 Å². The normalized spacial score (nSPS) is 10.8. The summed E-state index contributed by atoms with van der Waals surface area (Å²) in [6.07, 6.45) is 1.81. The van der Waals surface area contributed by atoms with Crippen LogP contribution in [-0.2, 0) is 6.61 Å². The molecule has 0 N–H and O–H groups in total. The van der Waals surface area contributed by atoms with Crippen LogP contribution in [0.2, 0.25) is 0 Å². The molecule has 17 heavy (non-hydrogen) atoms. The lowest BCUT2D eigenvalue weighted by Gasteiger charge is -2.13. The molecule has 0 atom stereocenters. The van der Waals surface area contributed by atoms with Crippen LogP contribution in [0.1, 0.15) is 25.7 Å². The average molecular weight is 295 g/mol. The lowest BCUT2D eigenvalue weighted by atomic mass is 10.3. The third kappa shape index (κ3) is 2.88. The summed E-state index contributed by atoms with van der Waals surface area (Å²) in [6, 6.07) is 10.1. The van der Waals surface area contributed by atoms with Crippen molar-refractivity contribution in [2.24, 2.45) is 0 Å². The van der Waals surface area contributed by atoms with Crippen molar-refractivity contribution < 1.29 is 4.74 Å². The maximum atomic E-state index is 5.69. The van der Waals surface area contributed by atoms with E-state index in [1.54, 1.807) is 0 Å². The molecule has 90 valence electrons. The van der Waals surface area contributed by atoms with Crippen LogP contribution in [0, 0.1) is 0 Å². The van der Waals surface area contributed by atoms with Gasteiger partial charge >= 0.3 is 0 Å². The maximum Gasteiger partial charge on any atom is 0.147 e. The molecule has 2 rings (SSSR count). The molecule has 0 aliphatic carbocycles. The maximum absolute atomic E-state index is 5.69. The summed E-state index contributed by atoms with van der Waals surface area (Å²) in [4.78, 5) is 4.34. The first-order valence-corrected chi connectivity index (χ1v) is 6.37. The molecule has 0 aliphatic heterocycles. The minimum absolute atomic E-state index is 0.362. The zero-order chi connectivity index (χ0) is 12.3. The number of halogens is 1. The van der Waals surface area contributed by atoms with Crippen LogP contribution in [0.3, 0.4) is 0 Å². The molecule has 1 aromatic carbocycles. The van der Waals surface area contributed by atoms with Crippen molar-refractivity contribution >= 4 is 15.9 Å². The number of hydrogen-bond donors (Lipinski definition) is 0. The minimum Gasteiger partial charge on any atom is -0.486 e. The number of aromatic nitrogens is 2. The van der Waals surface area contributed by atoms with Crippen LogP contribution in [0.5, 0.6) is 5.75 Å². The van der Waals surface area contributed by atoms with Crippen molar-refractivity contribution in [1.82, 2.24) is 9.55 Å². The fourth-order valence-corrected chi connectivity index (χ4v) is 2.41. The van der Waals surface area contributed by atoms with Crippen LogP contribution in [0.25, 0.3) is 0 Å². The van der Waals surface area contributed by atoms with Crippen LogP contribution < -0.4 is 4.74 Å². The van der Waals surface area contributed by atoms with E-state index in [2.05, 4.69) is 39.3 Å². The van der Waals surface area contributed by atoms with Gasteiger partial charge in [0.2, 0.25) is 0 Å². The number of hydrogen-bond acceptors (Lipinski definition) is 2. The first-order valence-electron chi connectivity index (χ1n) is 5.58. The Balaban J connectivity index is 2.09. The van der Waals surface area contributed by atoms with E-state index in [-0.39, 0.29) is 0 Å². The van der Waals surface area contributed by atoms with E-state index in [4.69, 9.17) is 4.74 Å². The Bertz CT molecular complexity index is 479. The van der Waals surface area contributed by atoms with E-state index in [1.807, 2.05) is 36.5 Å². The van der Waals surface area contributed by atoms with E-state index in [0.717, 1.165) is 16.2 Å². The van der Waals surface area contributed by atoms with Gasteiger partial charge in [0, 0.05) is 6.04 Å². The molecule has 0 saturated heterocycles. The van der Waals surface area contributed by atoms with E-state index < -0.39 is 0 Å². The molecule has 0 saturated carbocycles. The summed E-state index contributed by atoms with van der Waals surface area (Å²) in [5.41, 5.74) is 0. The first-order chi connectivity index (χ1) is 8.18. The smallest absolute Gasteiger partial charge is 0.147 e. The van der Waals surface area contributed by atoms with Gasteiger partial charge in [0.25, 0.3) is 0 Å².